The summed E-state index contributed by atoms with van der Waals surface area (Å²) in [6, 6.07) is 9.72. The van der Waals surface area contributed by atoms with Gasteiger partial charge in [-0.3, -0.25) is 14.2 Å². The number of aryl methyl sites for hydroxylation is 3. The van der Waals surface area contributed by atoms with Crippen LogP contribution in [0.15, 0.2) is 36.5 Å². The number of amides is 1. The van der Waals surface area contributed by atoms with Gasteiger partial charge in [0.15, 0.2) is 5.69 Å². The minimum absolute atomic E-state index is 0.229. The molecule has 0 aliphatic heterocycles. The van der Waals surface area contributed by atoms with Crippen molar-refractivity contribution in [2.24, 2.45) is 0 Å². The molecule has 130 valence electrons. The van der Waals surface area contributed by atoms with Gasteiger partial charge < -0.3 is 5.32 Å². The Morgan fingerprint density at radius 1 is 1.24 bits per heavy atom. The van der Waals surface area contributed by atoms with Crippen LogP contribution < -0.4 is 5.32 Å². The molecule has 2 aromatic heterocycles. The van der Waals surface area contributed by atoms with E-state index in [1.807, 2.05) is 55.8 Å². The highest BCUT2D eigenvalue weighted by atomic mass is 35.5. The molecule has 2 heterocycles. The van der Waals surface area contributed by atoms with Crippen LogP contribution in [0, 0.1) is 13.8 Å². The Morgan fingerprint density at radius 2 is 2.04 bits per heavy atom. The fourth-order valence-corrected chi connectivity index (χ4v) is 2.89. The van der Waals surface area contributed by atoms with E-state index in [-0.39, 0.29) is 11.6 Å². The number of hydrogen-bond acceptors (Lipinski definition) is 3. The summed E-state index contributed by atoms with van der Waals surface area (Å²) in [6.07, 6.45) is 1.65. The average Bonchev–Trinajstić information content (AvgIpc) is 3.09. The maximum absolute atomic E-state index is 12.4. The summed E-state index contributed by atoms with van der Waals surface area (Å²) in [5.74, 6) is -0.319. The molecule has 0 fully saturated rings. The zero-order valence-electron chi connectivity index (χ0n) is 14.5. The first-order valence-electron chi connectivity index (χ1n) is 8.10. The SMILES string of the molecule is CCn1cc(Cl)c(C(=O)Nc2cccc(Cn3nc(C)cc3C)c2)n1. The quantitative estimate of drug-likeness (QED) is 0.757. The van der Waals surface area contributed by atoms with Crippen LogP contribution in [0.2, 0.25) is 5.02 Å². The number of carbonyl (C=O) groups is 1. The molecular weight excluding hydrogens is 338 g/mol. The van der Waals surface area contributed by atoms with E-state index in [4.69, 9.17) is 11.6 Å². The molecule has 3 rings (SSSR count). The number of nitrogens with zero attached hydrogens (tertiary/aromatic N) is 4. The Kier molecular flexibility index (Phi) is 4.90. The highest BCUT2D eigenvalue weighted by Gasteiger charge is 2.15. The molecule has 0 atom stereocenters. The lowest BCUT2D eigenvalue weighted by Gasteiger charge is -2.08. The van der Waals surface area contributed by atoms with Gasteiger partial charge in [-0.15, -0.1) is 0 Å². The predicted molar refractivity (Wildman–Crippen MR) is 98.1 cm³/mol. The Morgan fingerprint density at radius 3 is 2.68 bits per heavy atom. The zero-order chi connectivity index (χ0) is 18.0. The summed E-state index contributed by atoms with van der Waals surface area (Å²) >= 11 is 6.09. The molecular formula is C18H20ClN5O. The largest absolute Gasteiger partial charge is 0.321 e. The van der Waals surface area contributed by atoms with Gasteiger partial charge in [-0.2, -0.15) is 10.2 Å². The molecule has 0 spiro atoms. The van der Waals surface area contributed by atoms with Crippen molar-refractivity contribution in [1.29, 1.82) is 0 Å². The predicted octanol–water partition coefficient (Wildman–Crippen LogP) is 3.67. The number of anilines is 1. The minimum Gasteiger partial charge on any atom is -0.321 e. The number of aromatic nitrogens is 4. The van der Waals surface area contributed by atoms with E-state index < -0.39 is 0 Å². The monoisotopic (exact) mass is 357 g/mol. The molecule has 0 bridgehead atoms. The van der Waals surface area contributed by atoms with Crippen molar-refractivity contribution in [3.8, 4) is 0 Å². The molecule has 1 amide bonds. The standard InChI is InChI=1S/C18H20ClN5O/c1-4-23-11-16(19)17(22-23)18(25)20-15-7-5-6-14(9-15)10-24-13(3)8-12(2)21-24/h5-9,11H,4,10H2,1-3H3,(H,20,25). The van der Waals surface area contributed by atoms with E-state index in [2.05, 4.69) is 15.5 Å². The van der Waals surface area contributed by atoms with Gasteiger partial charge in [-0.05, 0) is 44.5 Å². The molecule has 0 saturated carbocycles. The molecule has 1 aromatic carbocycles. The molecule has 3 aromatic rings. The molecule has 7 heteroatoms. The first-order valence-corrected chi connectivity index (χ1v) is 8.48. The van der Waals surface area contributed by atoms with Crippen molar-refractivity contribution < 1.29 is 4.79 Å². The van der Waals surface area contributed by atoms with Crippen LogP contribution in [0.5, 0.6) is 0 Å². The van der Waals surface area contributed by atoms with Gasteiger partial charge in [0.05, 0.1) is 17.3 Å². The highest BCUT2D eigenvalue weighted by molar-refractivity contribution is 6.34. The van der Waals surface area contributed by atoms with Gasteiger partial charge in [-0.1, -0.05) is 23.7 Å². The third-order valence-electron chi connectivity index (χ3n) is 3.88. The number of rotatable bonds is 5. The maximum atomic E-state index is 12.4. The number of benzene rings is 1. The van der Waals surface area contributed by atoms with Crippen LogP contribution in [0.3, 0.4) is 0 Å². The first kappa shape index (κ1) is 17.2. The van der Waals surface area contributed by atoms with E-state index in [9.17, 15) is 4.79 Å². The Bertz CT molecular complexity index is 912. The van der Waals surface area contributed by atoms with Gasteiger partial charge in [0.1, 0.15) is 0 Å². The lowest BCUT2D eigenvalue weighted by atomic mass is 10.2. The van der Waals surface area contributed by atoms with Crippen molar-refractivity contribution in [3.63, 3.8) is 0 Å². The van der Waals surface area contributed by atoms with E-state index >= 15 is 0 Å². The molecule has 0 aliphatic carbocycles. The van der Waals surface area contributed by atoms with Crippen molar-refractivity contribution in [1.82, 2.24) is 19.6 Å². The molecule has 6 nitrogen and oxygen atoms in total. The van der Waals surface area contributed by atoms with Gasteiger partial charge in [0.25, 0.3) is 5.91 Å². The molecule has 1 N–H and O–H groups in total. The van der Waals surface area contributed by atoms with Gasteiger partial charge in [0.2, 0.25) is 0 Å². The number of nitrogens with one attached hydrogen (secondary N) is 1. The Hall–Kier alpha value is -2.60. The van der Waals surface area contributed by atoms with E-state index in [1.165, 1.54) is 0 Å². The molecule has 0 aliphatic rings. The zero-order valence-corrected chi connectivity index (χ0v) is 15.2. The van der Waals surface area contributed by atoms with Crippen LogP contribution in [0.4, 0.5) is 5.69 Å². The lowest BCUT2D eigenvalue weighted by Crippen LogP contribution is -2.14. The van der Waals surface area contributed by atoms with Gasteiger partial charge in [-0.25, -0.2) is 0 Å². The summed E-state index contributed by atoms with van der Waals surface area (Å²) in [5, 5.41) is 11.9. The second-order valence-electron chi connectivity index (χ2n) is 5.92. The Balaban J connectivity index is 1.76. The van der Waals surface area contributed by atoms with Crippen molar-refractivity contribution >= 4 is 23.2 Å². The second-order valence-corrected chi connectivity index (χ2v) is 6.33. The summed E-state index contributed by atoms with van der Waals surface area (Å²) in [7, 11) is 0. The summed E-state index contributed by atoms with van der Waals surface area (Å²) in [5.41, 5.74) is 4.07. The smallest absolute Gasteiger partial charge is 0.277 e. The Labute approximate surface area is 151 Å². The van der Waals surface area contributed by atoms with Crippen molar-refractivity contribution in [2.45, 2.75) is 33.9 Å². The van der Waals surface area contributed by atoms with Crippen molar-refractivity contribution in [3.05, 3.63) is 64.2 Å². The van der Waals surface area contributed by atoms with Gasteiger partial charge >= 0.3 is 0 Å². The van der Waals surface area contributed by atoms with Crippen LogP contribution >= 0.6 is 11.6 Å². The fourth-order valence-electron chi connectivity index (χ4n) is 2.66. The molecule has 0 unspecified atom stereocenters. The normalized spacial score (nSPS) is 10.9. The van der Waals surface area contributed by atoms with Crippen molar-refractivity contribution in [2.75, 3.05) is 5.32 Å². The topological polar surface area (TPSA) is 64.7 Å². The van der Waals surface area contributed by atoms with E-state index in [1.54, 1.807) is 10.9 Å². The maximum Gasteiger partial charge on any atom is 0.277 e. The second kappa shape index (κ2) is 7.11. The number of carbonyl (C=O) groups excluding carboxylic acids is 1. The van der Waals surface area contributed by atoms with Crippen LogP contribution in [0.1, 0.15) is 34.4 Å². The number of hydrogen-bond donors (Lipinski definition) is 1. The first-order chi connectivity index (χ1) is 12.0. The van der Waals surface area contributed by atoms with Gasteiger partial charge in [0, 0.05) is 24.1 Å². The minimum atomic E-state index is -0.319. The molecule has 0 radical (unpaired) electrons. The molecule has 0 saturated heterocycles. The third-order valence-corrected chi connectivity index (χ3v) is 4.15. The van der Waals surface area contributed by atoms with Crippen LogP contribution in [0.25, 0.3) is 0 Å². The summed E-state index contributed by atoms with van der Waals surface area (Å²) in [4.78, 5) is 12.4. The fraction of sp³-hybridized carbons (Fsp3) is 0.278. The average molecular weight is 358 g/mol. The highest BCUT2D eigenvalue weighted by Crippen LogP contribution is 2.18. The third kappa shape index (κ3) is 3.91. The summed E-state index contributed by atoms with van der Waals surface area (Å²) in [6.45, 7) is 7.24. The lowest BCUT2D eigenvalue weighted by molar-refractivity contribution is 0.102. The van der Waals surface area contributed by atoms with E-state index in [0.29, 0.717) is 23.8 Å². The van der Waals surface area contributed by atoms with E-state index in [0.717, 1.165) is 17.0 Å². The number of halogens is 1. The van der Waals surface area contributed by atoms with Crippen LogP contribution in [-0.2, 0) is 13.1 Å². The molecule has 25 heavy (non-hydrogen) atoms. The van der Waals surface area contributed by atoms with Crippen LogP contribution in [-0.4, -0.2) is 25.5 Å². The summed E-state index contributed by atoms with van der Waals surface area (Å²) < 4.78 is 3.58.